The van der Waals surface area contributed by atoms with Gasteiger partial charge >= 0.3 is 0 Å². The Morgan fingerprint density at radius 2 is 1.90 bits per heavy atom. The van der Waals surface area contributed by atoms with Gasteiger partial charge in [-0.05, 0) is 25.7 Å². The van der Waals surface area contributed by atoms with Crippen LogP contribution in [0.4, 0.5) is 0 Å². The molecule has 7 heteroatoms. The number of nitrogens with zero attached hydrogens (tertiary/aromatic N) is 1. The van der Waals surface area contributed by atoms with E-state index in [1.807, 2.05) is 6.92 Å². The lowest BCUT2D eigenvalue weighted by Gasteiger charge is -2.30. The number of rotatable bonds is 6. The second-order valence-corrected chi connectivity index (χ2v) is 5.94. The van der Waals surface area contributed by atoms with Crippen molar-refractivity contribution in [2.45, 2.75) is 38.1 Å². The molecule has 2 aliphatic rings. The molecule has 21 heavy (non-hydrogen) atoms. The number of morpholine rings is 1. The van der Waals surface area contributed by atoms with Crippen molar-refractivity contribution in [3.63, 3.8) is 0 Å². The molecule has 1 saturated heterocycles. The molecule has 1 aliphatic heterocycles. The van der Waals surface area contributed by atoms with Crippen molar-refractivity contribution in [3.8, 4) is 0 Å². The Bertz CT molecular complexity index is 370. The Balaban J connectivity index is 0.00000220. The Labute approximate surface area is 132 Å². The van der Waals surface area contributed by atoms with E-state index in [9.17, 15) is 9.59 Å². The molecule has 2 amide bonds. The molecule has 2 rings (SSSR count). The van der Waals surface area contributed by atoms with Crippen LogP contribution in [0.5, 0.6) is 0 Å². The lowest BCUT2D eigenvalue weighted by atomic mass is 9.95. The summed E-state index contributed by atoms with van der Waals surface area (Å²) in [6.07, 6.45) is 2.75. The van der Waals surface area contributed by atoms with E-state index in [0.29, 0.717) is 38.8 Å². The van der Waals surface area contributed by atoms with Gasteiger partial charge in [-0.2, -0.15) is 0 Å². The zero-order chi connectivity index (χ0) is 14.6. The van der Waals surface area contributed by atoms with Gasteiger partial charge in [-0.1, -0.05) is 0 Å². The number of carbonyl (C=O) groups excluding carboxylic acids is 2. The lowest BCUT2D eigenvalue weighted by molar-refractivity contribution is -0.137. The van der Waals surface area contributed by atoms with Crippen LogP contribution in [0.15, 0.2) is 0 Å². The molecule has 0 bridgehead atoms. The van der Waals surface area contributed by atoms with Crippen LogP contribution in [0.25, 0.3) is 0 Å². The summed E-state index contributed by atoms with van der Waals surface area (Å²) in [5, 5.41) is 3.00. The first kappa shape index (κ1) is 18.2. The molecule has 0 spiro atoms. The van der Waals surface area contributed by atoms with E-state index in [4.69, 9.17) is 10.5 Å². The fourth-order valence-electron chi connectivity index (χ4n) is 2.61. The lowest BCUT2D eigenvalue weighted by Crippen LogP contribution is -2.53. The number of nitrogens with one attached hydrogen (secondary N) is 1. The van der Waals surface area contributed by atoms with Gasteiger partial charge in [0.25, 0.3) is 0 Å². The third-order valence-corrected chi connectivity index (χ3v) is 4.26. The fraction of sp³-hybridized carbons (Fsp3) is 0.857. The van der Waals surface area contributed by atoms with E-state index < -0.39 is 0 Å². The largest absolute Gasteiger partial charge is 0.378 e. The number of hydrogen-bond acceptors (Lipinski definition) is 4. The molecular weight excluding hydrogens is 294 g/mol. The monoisotopic (exact) mass is 319 g/mol. The highest BCUT2D eigenvalue weighted by atomic mass is 35.5. The SMILES string of the molecule is CC(CN)(NC(=O)CCC(=O)N1CCOCC1)C1CC1.Cl. The molecule has 6 nitrogen and oxygen atoms in total. The zero-order valence-electron chi connectivity index (χ0n) is 12.6. The molecule has 1 saturated carbocycles. The van der Waals surface area contributed by atoms with Crippen LogP contribution in [0.3, 0.4) is 0 Å². The highest BCUT2D eigenvalue weighted by molar-refractivity contribution is 5.85. The number of halogens is 1. The quantitative estimate of drug-likeness (QED) is 0.737. The van der Waals surface area contributed by atoms with E-state index in [0.717, 1.165) is 12.8 Å². The predicted molar refractivity (Wildman–Crippen MR) is 82.2 cm³/mol. The van der Waals surface area contributed by atoms with Crippen molar-refractivity contribution in [1.82, 2.24) is 10.2 Å². The molecule has 2 fully saturated rings. The molecule has 3 N–H and O–H groups in total. The van der Waals surface area contributed by atoms with Crippen LogP contribution in [0.1, 0.15) is 32.6 Å². The maximum atomic E-state index is 12.0. The van der Waals surface area contributed by atoms with Gasteiger partial charge in [0.15, 0.2) is 0 Å². The second kappa shape index (κ2) is 7.96. The highest BCUT2D eigenvalue weighted by Gasteiger charge is 2.41. The molecule has 1 unspecified atom stereocenters. The number of hydrogen-bond donors (Lipinski definition) is 2. The molecular formula is C14H26ClN3O3. The normalized spacial score (nSPS) is 21.1. The maximum Gasteiger partial charge on any atom is 0.223 e. The summed E-state index contributed by atoms with van der Waals surface area (Å²) in [7, 11) is 0. The van der Waals surface area contributed by atoms with Gasteiger partial charge in [-0.25, -0.2) is 0 Å². The van der Waals surface area contributed by atoms with Crippen LogP contribution in [0, 0.1) is 5.92 Å². The van der Waals surface area contributed by atoms with Gasteiger partial charge < -0.3 is 20.7 Å². The first-order chi connectivity index (χ1) is 9.55. The zero-order valence-corrected chi connectivity index (χ0v) is 13.4. The van der Waals surface area contributed by atoms with Gasteiger partial charge in [0.1, 0.15) is 0 Å². The van der Waals surface area contributed by atoms with Crippen molar-refractivity contribution < 1.29 is 14.3 Å². The van der Waals surface area contributed by atoms with Gasteiger partial charge in [0, 0.05) is 32.5 Å². The molecule has 1 heterocycles. The highest BCUT2D eigenvalue weighted by Crippen LogP contribution is 2.38. The Morgan fingerprint density at radius 3 is 2.43 bits per heavy atom. The minimum absolute atomic E-state index is 0. The third-order valence-electron chi connectivity index (χ3n) is 4.26. The Hall–Kier alpha value is -0.850. The number of carbonyl (C=O) groups is 2. The topological polar surface area (TPSA) is 84.7 Å². The summed E-state index contributed by atoms with van der Waals surface area (Å²) in [5.74, 6) is 0.446. The maximum absolute atomic E-state index is 12.0. The summed E-state index contributed by atoms with van der Waals surface area (Å²) in [6, 6.07) is 0. The summed E-state index contributed by atoms with van der Waals surface area (Å²) >= 11 is 0. The third kappa shape index (κ3) is 5.13. The molecule has 1 aliphatic carbocycles. The van der Waals surface area contributed by atoms with Crippen LogP contribution < -0.4 is 11.1 Å². The Kier molecular flexibility index (Phi) is 6.90. The number of nitrogens with two attached hydrogens (primary N) is 1. The summed E-state index contributed by atoms with van der Waals surface area (Å²) in [4.78, 5) is 25.7. The van der Waals surface area contributed by atoms with Gasteiger partial charge in [-0.3, -0.25) is 9.59 Å². The number of amides is 2. The van der Waals surface area contributed by atoms with E-state index in [2.05, 4.69) is 5.32 Å². The fourth-order valence-corrected chi connectivity index (χ4v) is 2.61. The molecule has 0 aromatic heterocycles. The van der Waals surface area contributed by atoms with E-state index in [1.54, 1.807) is 4.90 Å². The van der Waals surface area contributed by atoms with Crippen molar-refractivity contribution in [2.24, 2.45) is 11.7 Å². The van der Waals surface area contributed by atoms with Crippen molar-refractivity contribution in [1.29, 1.82) is 0 Å². The van der Waals surface area contributed by atoms with Gasteiger partial charge in [-0.15, -0.1) is 12.4 Å². The first-order valence-corrected chi connectivity index (χ1v) is 7.42. The van der Waals surface area contributed by atoms with Crippen LogP contribution in [-0.2, 0) is 14.3 Å². The molecule has 122 valence electrons. The second-order valence-electron chi connectivity index (χ2n) is 5.94. The summed E-state index contributed by atoms with van der Waals surface area (Å²) in [5.41, 5.74) is 5.46. The van der Waals surface area contributed by atoms with Crippen molar-refractivity contribution >= 4 is 24.2 Å². The average Bonchev–Trinajstić information content (AvgIpc) is 3.30. The van der Waals surface area contributed by atoms with Crippen molar-refractivity contribution in [2.75, 3.05) is 32.8 Å². The molecule has 0 aromatic carbocycles. The Morgan fingerprint density at radius 1 is 1.29 bits per heavy atom. The molecule has 0 radical (unpaired) electrons. The smallest absolute Gasteiger partial charge is 0.223 e. The standard InChI is InChI=1S/C14H25N3O3.ClH/c1-14(10-15,11-2-3-11)16-12(18)4-5-13(19)17-6-8-20-9-7-17;/h11H,2-10,15H2,1H3,(H,16,18);1H. The average molecular weight is 320 g/mol. The van der Waals surface area contributed by atoms with Crippen molar-refractivity contribution in [3.05, 3.63) is 0 Å². The first-order valence-electron chi connectivity index (χ1n) is 7.42. The van der Waals surface area contributed by atoms with E-state index in [-0.39, 0.29) is 42.6 Å². The summed E-state index contributed by atoms with van der Waals surface area (Å²) in [6.45, 7) is 4.87. The van der Waals surface area contributed by atoms with Gasteiger partial charge in [0.05, 0.1) is 18.8 Å². The van der Waals surface area contributed by atoms with E-state index in [1.165, 1.54) is 0 Å². The predicted octanol–water partition coefficient (Wildman–Crippen LogP) is 0.291. The van der Waals surface area contributed by atoms with E-state index >= 15 is 0 Å². The van der Waals surface area contributed by atoms with Crippen LogP contribution in [-0.4, -0.2) is 55.1 Å². The minimum Gasteiger partial charge on any atom is -0.378 e. The minimum atomic E-state index is -0.306. The number of ether oxygens (including phenoxy) is 1. The molecule has 1 atom stereocenters. The van der Waals surface area contributed by atoms with Crippen LogP contribution in [0.2, 0.25) is 0 Å². The summed E-state index contributed by atoms with van der Waals surface area (Å²) < 4.78 is 5.20. The molecule has 0 aromatic rings. The van der Waals surface area contributed by atoms with Crippen LogP contribution >= 0.6 is 12.4 Å². The van der Waals surface area contributed by atoms with Gasteiger partial charge in [0.2, 0.25) is 11.8 Å².